The van der Waals surface area contributed by atoms with Gasteiger partial charge in [0.1, 0.15) is 5.82 Å². The summed E-state index contributed by atoms with van der Waals surface area (Å²) in [6.07, 6.45) is 0. The van der Waals surface area contributed by atoms with Crippen LogP contribution in [-0.2, 0) is 3.42 Å². The molecule has 66 valence electrons. The summed E-state index contributed by atoms with van der Waals surface area (Å²) >= 11 is 2.35. The molecule has 0 aliphatic rings. The summed E-state index contributed by atoms with van der Waals surface area (Å²) in [6, 6.07) is 5.28. The molecular formula is C10H12FI. The van der Waals surface area contributed by atoms with Crippen molar-refractivity contribution in [2.75, 3.05) is 0 Å². The molecule has 0 saturated heterocycles. The van der Waals surface area contributed by atoms with Crippen molar-refractivity contribution in [1.82, 2.24) is 0 Å². The van der Waals surface area contributed by atoms with Crippen molar-refractivity contribution in [3.8, 4) is 0 Å². The highest BCUT2D eigenvalue weighted by molar-refractivity contribution is 14.1. The number of hydrogen-bond donors (Lipinski definition) is 0. The average molecular weight is 278 g/mol. The van der Waals surface area contributed by atoms with Crippen molar-refractivity contribution in [1.29, 1.82) is 0 Å². The van der Waals surface area contributed by atoms with Gasteiger partial charge in [0.15, 0.2) is 0 Å². The van der Waals surface area contributed by atoms with Gasteiger partial charge in [-0.3, -0.25) is 0 Å². The van der Waals surface area contributed by atoms with Gasteiger partial charge < -0.3 is 0 Å². The standard InChI is InChI=1S/C10H12FI/c1-7-6-8(10(2,3)12)4-5-9(7)11/h4-6H,1-3H3. The summed E-state index contributed by atoms with van der Waals surface area (Å²) < 4.78 is 13.0. The first kappa shape index (κ1) is 9.96. The average Bonchev–Trinajstić information content (AvgIpc) is 1.92. The van der Waals surface area contributed by atoms with Crippen molar-refractivity contribution >= 4 is 22.6 Å². The Bertz CT molecular complexity index is 286. The zero-order valence-corrected chi connectivity index (χ0v) is 9.65. The van der Waals surface area contributed by atoms with E-state index in [0.717, 1.165) is 5.56 Å². The fourth-order valence-electron chi connectivity index (χ4n) is 1.01. The number of alkyl halides is 1. The van der Waals surface area contributed by atoms with Gasteiger partial charge in [-0.2, -0.15) is 0 Å². The highest BCUT2D eigenvalue weighted by Crippen LogP contribution is 2.31. The van der Waals surface area contributed by atoms with E-state index in [1.165, 1.54) is 11.6 Å². The summed E-state index contributed by atoms with van der Waals surface area (Å²) in [5, 5.41) is 0. The summed E-state index contributed by atoms with van der Waals surface area (Å²) in [6.45, 7) is 6.02. The molecule has 0 heterocycles. The van der Waals surface area contributed by atoms with Crippen LogP contribution in [0.2, 0.25) is 0 Å². The lowest BCUT2D eigenvalue weighted by Crippen LogP contribution is -2.06. The van der Waals surface area contributed by atoms with Crippen LogP contribution in [0, 0.1) is 12.7 Å². The molecule has 0 radical (unpaired) electrons. The third-order valence-electron chi connectivity index (χ3n) is 1.84. The number of halogens is 2. The Morgan fingerprint density at radius 3 is 2.33 bits per heavy atom. The van der Waals surface area contributed by atoms with E-state index < -0.39 is 0 Å². The minimum absolute atomic E-state index is 0.0796. The molecule has 0 N–H and O–H groups in total. The van der Waals surface area contributed by atoms with Crippen LogP contribution in [0.3, 0.4) is 0 Å². The molecule has 0 saturated carbocycles. The molecule has 1 rings (SSSR count). The van der Waals surface area contributed by atoms with Gasteiger partial charge in [0.05, 0.1) is 0 Å². The number of rotatable bonds is 1. The summed E-state index contributed by atoms with van der Waals surface area (Å²) in [4.78, 5) is 0. The first-order chi connectivity index (χ1) is 5.41. The predicted molar refractivity (Wildman–Crippen MR) is 58.2 cm³/mol. The van der Waals surface area contributed by atoms with Crippen LogP contribution < -0.4 is 0 Å². The Morgan fingerprint density at radius 2 is 1.92 bits per heavy atom. The Labute approximate surface area is 86.3 Å². The van der Waals surface area contributed by atoms with E-state index in [4.69, 9.17) is 0 Å². The smallest absolute Gasteiger partial charge is 0.126 e. The van der Waals surface area contributed by atoms with E-state index in [1.54, 1.807) is 6.92 Å². The first-order valence-corrected chi connectivity index (χ1v) is 4.94. The maximum Gasteiger partial charge on any atom is 0.126 e. The Morgan fingerprint density at radius 1 is 1.33 bits per heavy atom. The molecule has 0 fully saturated rings. The minimum atomic E-state index is -0.126. The highest BCUT2D eigenvalue weighted by atomic mass is 127. The quantitative estimate of drug-likeness (QED) is 0.541. The summed E-state index contributed by atoms with van der Waals surface area (Å²) in [7, 11) is 0. The van der Waals surface area contributed by atoms with Crippen molar-refractivity contribution in [3.63, 3.8) is 0 Å². The Kier molecular flexibility index (Phi) is 2.76. The SMILES string of the molecule is Cc1cc(C(C)(C)I)ccc1F. The maximum absolute atomic E-state index is 12.9. The van der Waals surface area contributed by atoms with E-state index in [0.29, 0.717) is 0 Å². The first-order valence-electron chi connectivity index (χ1n) is 3.87. The second kappa shape index (κ2) is 3.32. The molecule has 0 nitrogen and oxygen atoms in total. The van der Waals surface area contributed by atoms with Crippen LogP contribution in [0.25, 0.3) is 0 Å². The Hall–Kier alpha value is -0.120. The molecule has 0 aromatic heterocycles. The van der Waals surface area contributed by atoms with Crippen LogP contribution in [0.15, 0.2) is 18.2 Å². The molecule has 1 aromatic rings. The molecule has 0 bridgehead atoms. The number of benzene rings is 1. The lowest BCUT2D eigenvalue weighted by molar-refractivity contribution is 0.616. The molecule has 0 aliphatic heterocycles. The van der Waals surface area contributed by atoms with Gasteiger partial charge in [-0.05, 0) is 38.0 Å². The van der Waals surface area contributed by atoms with Gasteiger partial charge in [-0.1, -0.05) is 34.7 Å². The van der Waals surface area contributed by atoms with E-state index in [1.807, 2.05) is 12.1 Å². The fourth-order valence-corrected chi connectivity index (χ4v) is 1.35. The fraction of sp³-hybridized carbons (Fsp3) is 0.400. The molecule has 0 amide bonds. The molecular weight excluding hydrogens is 266 g/mol. The van der Waals surface area contributed by atoms with E-state index >= 15 is 0 Å². The Balaban J connectivity index is 3.14. The number of aryl methyl sites for hydroxylation is 1. The third kappa shape index (κ3) is 2.19. The second-order valence-electron chi connectivity index (χ2n) is 3.44. The number of hydrogen-bond acceptors (Lipinski definition) is 0. The van der Waals surface area contributed by atoms with Gasteiger partial charge in [-0.25, -0.2) is 4.39 Å². The van der Waals surface area contributed by atoms with Crippen molar-refractivity contribution < 1.29 is 4.39 Å². The summed E-state index contributed by atoms with van der Waals surface area (Å²) in [5.41, 5.74) is 1.89. The molecule has 2 heteroatoms. The topological polar surface area (TPSA) is 0 Å². The zero-order chi connectivity index (χ0) is 9.35. The highest BCUT2D eigenvalue weighted by Gasteiger charge is 2.16. The minimum Gasteiger partial charge on any atom is -0.207 e. The third-order valence-corrected chi connectivity index (χ3v) is 2.47. The van der Waals surface area contributed by atoms with Gasteiger partial charge in [0, 0.05) is 3.42 Å². The van der Waals surface area contributed by atoms with Gasteiger partial charge in [0.2, 0.25) is 0 Å². The largest absolute Gasteiger partial charge is 0.207 e. The monoisotopic (exact) mass is 278 g/mol. The summed E-state index contributed by atoms with van der Waals surface area (Å²) in [5.74, 6) is -0.126. The van der Waals surface area contributed by atoms with Gasteiger partial charge in [0.25, 0.3) is 0 Å². The maximum atomic E-state index is 12.9. The molecule has 12 heavy (non-hydrogen) atoms. The lowest BCUT2D eigenvalue weighted by Gasteiger charge is -2.17. The van der Waals surface area contributed by atoms with Crippen molar-refractivity contribution in [3.05, 3.63) is 35.1 Å². The lowest BCUT2D eigenvalue weighted by atomic mass is 10.0. The van der Waals surface area contributed by atoms with E-state index in [9.17, 15) is 4.39 Å². The molecule has 0 spiro atoms. The van der Waals surface area contributed by atoms with Crippen LogP contribution in [0.1, 0.15) is 25.0 Å². The molecule has 0 aliphatic carbocycles. The molecule has 0 atom stereocenters. The molecule has 0 unspecified atom stereocenters. The van der Waals surface area contributed by atoms with E-state index in [2.05, 4.69) is 36.4 Å². The van der Waals surface area contributed by atoms with Crippen LogP contribution in [0.5, 0.6) is 0 Å². The predicted octanol–water partition coefficient (Wildman–Crippen LogP) is 3.80. The molecule has 1 aromatic carbocycles. The zero-order valence-electron chi connectivity index (χ0n) is 7.49. The van der Waals surface area contributed by atoms with Crippen molar-refractivity contribution in [2.24, 2.45) is 0 Å². The second-order valence-corrected chi connectivity index (χ2v) is 6.13. The van der Waals surface area contributed by atoms with Gasteiger partial charge in [-0.15, -0.1) is 0 Å². The normalized spacial score (nSPS) is 11.8. The van der Waals surface area contributed by atoms with Crippen LogP contribution in [-0.4, -0.2) is 0 Å². The van der Waals surface area contributed by atoms with Crippen LogP contribution >= 0.6 is 22.6 Å². The van der Waals surface area contributed by atoms with Crippen LogP contribution in [0.4, 0.5) is 4.39 Å². The van der Waals surface area contributed by atoms with Crippen molar-refractivity contribution in [2.45, 2.75) is 24.2 Å². The van der Waals surface area contributed by atoms with Gasteiger partial charge >= 0.3 is 0 Å². The van der Waals surface area contributed by atoms with E-state index in [-0.39, 0.29) is 9.24 Å².